The first-order valence-corrected chi connectivity index (χ1v) is 16.5. The van der Waals surface area contributed by atoms with Crippen LogP contribution >= 0.6 is 0 Å². The number of phenols is 5. The number of benzene rings is 3. The minimum absolute atomic E-state index is 0.0130. The maximum Gasteiger partial charge on any atom is 0.330 e. The van der Waals surface area contributed by atoms with Gasteiger partial charge < -0.3 is 84.3 Å². The Morgan fingerprint density at radius 3 is 2.13 bits per heavy atom. The molecule has 10 atom stereocenters. The molecule has 6 rings (SSSR count). The average molecular weight is 773 g/mol. The number of aromatic hydroxyl groups is 5. The second kappa shape index (κ2) is 16.1. The second-order valence-electron chi connectivity index (χ2n) is 12.6. The maximum absolute atomic E-state index is 13.0. The molecule has 4 aromatic rings. The maximum atomic E-state index is 13.0. The van der Waals surface area contributed by atoms with Gasteiger partial charge in [-0.05, 0) is 42.0 Å². The van der Waals surface area contributed by atoms with Gasteiger partial charge in [0.15, 0.2) is 40.8 Å². The molecule has 55 heavy (non-hydrogen) atoms. The first kappa shape index (κ1) is 39.2. The Bertz CT molecular complexity index is 2100. The fourth-order valence-electron chi connectivity index (χ4n) is 5.88. The van der Waals surface area contributed by atoms with E-state index in [0.29, 0.717) is 5.56 Å². The van der Waals surface area contributed by atoms with Gasteiger partial charge in [-0.25, -0.2) is 4.79 Å². The number of hydrogen-bond acceptors (Lipinski definition) is 19. The second-order valence-corrected chi connectivity index (χ2v) is 12.6. The molecule has 2 saturated heterocycles. The highest BCUT2D eigenvalue weighted by molar-refractivity contribution is 5.89. The van der Waals surface area contributed by atoms with Crippen molar-refractivity contribution in [1.29, 1.82) is 0 Å². The quantitative estimate of drug-likeness (QED) is 0.0537. The van der Waals surface area contributed by atoms with Crippen molar-refractivity contribution < 1.29 is 89.1 Å². The third-order valence-corrected chi connectivity index (χ3v) is 8.91. The first-order valence-electron chi connectivity index (χ1n) is 16.5. The Balaban J connectivity index is 1.24. The lowest BCUT2D eigenvalue weighted by molar-refractivity contribution is -0.358. The van der Waals surface area contributed by atoms with Crippen LogP contribution in [0.15, 0.2) is 69.9 Å². The van der Waals surface area contributed by atoms with Crippen LogP contribution in [0.1, 0.15) is 5.56 Å². The number of phenolic OH excluding ortho intramolecular Hbond substituents is 5. The summed E-state index contributed by atoms with van der Waals surface area (Å²) in [5.74, 6) is -4.68. The molecule has 2 fully saturated rings. The van der Waals surface area contributed by atoms with Crippen molar-refractivity contribution in [2.45, 2.75) is 61.4 Å². The van der Waals surface area contributed by atoms with Crippen LogP contribution in [0.4, 0.5) is 0 Å². The Labute approximate surface area is 308 Å². The van der Waals surface area contributed by atoms with E-state index in [1.54, 1.807) is 0 Å². The molecule has 2 aliphatic rings. The molecule has 11 N–H and O–H groups in total. The summed E-state index contributed by atoms with van der Waals surface area (Å²) in [5.41, 5.74) is -0.530. The molecule has 3 aromatic carbocycles. The van der Waals surface area contributed by atoms with Crippen LogP contribution in [0.5, 0.6) is 34.5 Å². The van der Waals surface area contributed by atoms with Crippen molar-refractivity contribution in [3.05, 3.63) is 76.5 Å². The number of fused-ring (bicyclic) bond motifs is 1. The highest BCUT2D eigenvalue weighted by Crippen LogP contribution is 2.43. The molecule has 0 radical (unpaired) electrons. The van der Waals surface area contributed by atoms with Gasteiger partial charge in [-0.2, -0.15) is 0 Å². The SMILES string of the molecule is O=C(C=Cc1ccc(O)cc1)OCC1OC(OC2C(Oc3cc4oc(-c5ccc(O)c(O)c5)cc(=O)c4c(O)c3O)OC(CO)C(O)C2O)C(O)C(O)C1O. The Morgan fingerprint density at radius 2 is 1.44 bits per heavy atom. The zero-order valence-electron chi connectivity index (χ0n) is 28.2. The molecule has 0 spiro atoms. The van der Waals surface area contributed by atoms with E-state index < -0.39 is 120 Å². The monoisotopic (exact) mass is 772 g/mol. The molecule has 0 amide bonds. The molecular weight excluding hydrogens is 736 g/mol. The number of aliphatic hydroxyl groups excluding tert-OH is 6. The number of hydrogen-bond donors (Lipinski definition) is 11. The third-order valence-electron chi connectivity index (χ3n) is 8.91. The molecule has 0 saturated carbocycles. The molecule has 2 aliphatic heterocycles. The summed E-state index contributed by atoms with van der Waals surface area (Å²) in [6, 6.07) is 11.3. The van der Waals surface area contributed by atoms with Gasteiger partial charge in [0.05, 0.1) is 6.61 Å². The Kier molecular flexibility index (Phi) is 11.5. The smallest absolute Gasteiger partial charge is 0.330 e. The van der Waals surface area contributed by atoms with Gasteiger partial charge in [-0.1, -0.05) is 12.1 Å². The van der Waals surface area contributed by atoms with E-state index >= 15 is 0 Å². The minimum Gasteiger partial charge on any atom is -0.508 e. The van der Waals surface area contributed by atoms with Gasteiger partial charge in [0, 0.05) is 23.8 Å². The number of aliphatic hydroxyl groups is 6. The Hall–Kier alpha value is -5.48. The predicted molar refractivity (Wildman–Crippen MR) is 183 cm³/mol. The van der Waals surface area contributed by atoms with Gasteiger partial charge in [0.1, 0.15) is 71.8 Å². The lowest BCUT2D eigenvalue weighted by Gasteiger charge is -2.45. The predicted octanol–water partition coefficient (Wildman–Crippen LogP) is -0.745. The van der Waals surface area contributed by atoms with Crippen LogP contribution in [0, 0.1) is 0 Å². The molecule has 10 unspecified atom stereocenters. The van der Waals surface area contributed by atoms with E-state index in [0.717, 1.165) is 30.3 Å². The van der Waals surface area contributed by atoms with Crippen LogP contribution in [0.2, 0.25) is 0 Å². The van der Waals surface area contributed by atoms with E-state index in [2.05, 4.69) is 0 Å². The molecule has 19 nitrogen and oxygen atoms in total. The molecular formula is C36H36O19. The van der Waals surface area contributed by atoms with Crippen molar-refractivity contribution >= 4 is 23.0 Å². The van der Waals surface area contributed by atoms with Crippen LogP contribution in [0.25, 0.3) is 28.4 Å². The molecule has 294 valence electrons. The van der Waals surface area contributed by atoms with Gasteiger partial charge in [0.2, 0.25) is 12.0 Å². The fraction of sp³-hybridized carbons (Fsp3) is 0.333. The number of rotatable bonds is 10. The van der Waals surface area contributed by atoms with Crippen molar-refractivity contribution in [3.8, 4) is 45.8 Å². The lowest BCUT2D eigenvalue weighted by Crippen LogP contribution is -2.65. The van der Waals surface area contributed by atoms with Crippen molar-refractivity contribution in [3.63, 3.8) is 0 Å². The normalized spacial score (nSPS) is 28.3. The van der Waals surface area contributed by atoms with Crippen LogP contribution in [0.3, 0.4) is 0 Å². The summed E-state index contributed by atoms with van der Waals surface area (Å²) in [6.07, 6.45) is -16.1. The Morgan fingerprint density at radius 1 is 0.745 bits per heavy atom. The summed E-state index contributed by atoms with van der Waals surface area (Å²) in [7, 11) is 0. The molecule has 3 heterocycles. The van der Waals surface area contributed by atoms with Gasteiger partial charge >= 0.3 is 5.97 Å². The van der Waals surface area contributed by atoms with Gasteiger partial charge in [0.25, 0.3) is 0 Å². The first-order chi connectivity index (χ1) is 26.2. The zero-order valence-corrected chi connectivity index (χ0v) is 28.2. The molecule has 1 aromatic heterocycles. The van der Waals surface area contributed by atoms with Crippen molar-refractivity contribution in [2.24, 2.45) is 0 Å². The van der Waals surface area contributed by atoms with E-state index in [1.807, 2.05) is 0 Å². The number of carbonyl (C=O) groups is 1. The van der Waals surface area contributed by atoms with E-state index in [-0.39, 0.29) is 22.7 Å². The number of esters is 1. The van der Waals surface area contributed by atoms with Crippen LogP contribution < -0.4 is 10.2 Å². The lowest BCUT2D eigenvalue weighted by atomic mass is 9.97. The highest BCUT2D eigenvalue weighted by Gasteiger charge is 2.52. The minimum atomic E-state index is -2.03. The number of carbonyl (C=O) groups excluding carboxylic acids is 1. The summed E-state index contributed by atoms with van der Waals surface area (Å²) in [4.78, 5) is 25.4. The fourth-order valence-corrected chi connectivity index (χ4v) is 5.88. The summed E-state index contributed by atoms with van der Waals surface area (Å²) < 4.78 is 33.5. The average Bonchev–Trinajstić information content (AvgIpc) is 3.16. The van der Waals surface area contributed by atoms with E-state index in [9.17, 15) is 65.8 Å². The number of ether oxygens (including phenoxy) is 5. The van der Waals surface area contributed by atoms with E-state index in [1.165, 1.54) is 36.4 Å². The third kappa shape index (κ3) is 8.15. The topological polar surface area (TPSA) is 316 Å². The summed E-state index contributed by atoms with van der Waals surface area (Å²) in [5, 5.41) is 114. The standard InChI is InChI=1S/C36H36O19/c37-12-23-28(44)32(48)34(55-35-33(49)31(47)29(45)24(54-35)13-50-25(42)8-3-14-1-5-16(38)6-2-14)36(53-23)52-22-11-21-26(30(46)27(22)43)19(41)10-20(51-21)15-4-7-17(39)18(40)9-15/h1-11,23-24,28-29,31-40,43-49H,12-13H2. The largest absolute Gasteiger partial charge is 0.508 e. The van der Waals surface area contributed by atoms with Gasteiger partial charge in [-0.15, -0.1) is 0 Å². The van der Waals surface area contributed by atoms with Crippen molar-refractivity contribution in [1.82, 2.24) is 0 Å². The van der Waals surface area contributed by atoms with Crippen LogP contribution in [-0.2, 0) is 23.7 Å². The molecule has 0 bridgehead atoms. The van der Waals surface area contributed by atoms with Crippen LogP contribution in [-0.4, -0.2) is 137 Å². The summed E-state index contributed by atoms with van der Waals surface area (Å²) in [6.45, 7) is -1.55. The van der Waals surface area contributed by atoms with Crippen molar-refractivity contribution in [2.75, 3.05) is 13.2 Å². The van der Waals surface area contributed by atoms with Gasteiger partial charge in [-0.3, -0.25) is 4.79 Å². The summed E-state index contributed by atoms with van der Waals surface area (Å²) >= 11 is 0. The zero-order chi connectivity index (χ0) is 39.7. The van der Waals surface area contributed by atoms with E-state index in [4.69, 9.17) is 28.1 Å². The molecule has 19 heteroatoms. The highest BCUT2D eigenvalue weighted by atomic mass is 16.8. The molecule has 0 aliphatic carbocycles.